The first-order valence-electron chi connectivity index (χ1n) is 11.0. The summed E-state index contributed by atoms with van der Waals surface area (Å²) >= 11 is 0. The van der Waals surface area contributed by atoms with E-state index in [9.17, 15) is 23.5 Å². The zero-order valence-corrected chi connectivity index (χ0v) is 19.1. The highest BCUT2D eigenvalue weighted by atomic mass is 19.3. The number of nitrogens with zero attached hydrogens (tertiary/aromatic N) is 2. The van der Waals surface area contributed by atoms with Crippen LogP contribution in [0.4, 0.5) is 8.78 Å². The van der Waals surface area contributed by atoms with Gasteiger partial charge in [-0.3, -0.25) is 9.59 Å². The van der Waals surface area contributed by atoms with Crippen LogP contribution in [0.1, 0.15) is 33.9 Å². The number of aromatic amines is 1. The molecule has 0 saturated heterocycles. The van der Waals surface area contributed by atoms with E-state index in [-0.39, 0.29) is 18.7 Å². The molecule has 3 rings (SSSR count). The van der Waals surface area contributed by atoms with Crippen LogP contribution in [0.3, 0.4) is 0 Å². The normalized spacial score (nSPS) is 11.3. The molecule has 2 aromatic carbocycles. The van der Waals surface area contributed by atoms with Gasteiger partial charge in [-0.1, -0.05) is 36.1 Å². The number of benzene rings is 2. The molecule has 0 radical (unpaired) electrons. The van der Waals surface area contributed by atoms with Crippen molar-refractivity contribution in [1.29, 1.82) is 5.26 Å². The van der Waals surface area contributed by atoms with Gasteiger partial charge in [0.05, 0.1) is 31.4 Å². The van der Waals surface area contributed by atoms with Crippen molar-refractivity contribution in [2.75, 3.05) is 13.1 Å². The average Bonchev–Trinajstić information content (AvgIpc) is 2.88. The molecule has 0 fully saturated rings. The summed E-state index contributed by atoms with van der Waals surface area (Å²) < 4.78 is 25.2. The number of rotatable bonds is 9. The van der Waals surface area contributed by atoms with Crippen LogP contribution in [-0.4, -0.2) is 40.5 Å². The summed E-state index contributed by atoms with van der Waals surface area (Å²) in [5.74, 6) is 3.45. The van der Waals surface area contributed by atoms with E-state index in [2.05, 4.69) is 32.4 Å². The van der Waals surface area contributed by atoms with Gasteiger partial charge in [0, 0.05) is 17.7 Å². The third kappa shape index (κ3) is 7.49. The summed E-state index contributed by atoms with van der Waals surface area (Å²) in [7, 11) is 0. The Morgan fingerprint density at radius 1 is 1.06 bits per heavy atom. The molecule has 1 atom stereocenters. The van der Waals surface area contributed by atoms with Crippen molar-refractivity contribution in [2.45, 2.75) is 25.3 Å². The Kier molecular flexibility index (Phi) is 9.26. The molecule has 1 amide bonds. The van der Waals surface area contributed by atoms with Crippen LogP contribution in [0.15, 0.2) is 59.7 Å². The highest BCUT2D eigenvalue weighted by molar-refractivity contribution is 5.84. The van der Waals surface area contributed by atoms with E-state index < -0.39 is 36.1 Å². The van der Waals surface area contributed by atoms with Gasteiger partial charge in [-0.15, -0.1) is 0 Å². The lowest BCUT2D eigenvalue weighted by Crippen LogP contribution is -2.34. The standard InChI is InChI=1S/C26H23F2N5O3/c27-22(28)15-31-25(35)21(23-24(34)26(36)33-16-32-23)13-19-7-3-17(4-8-19)1-2-18-5-9-20(10-6-18)14-30-12-11-29/h3-10,16,21-22,30,34H,12-15H2,(H,31,35)(H,32,33,36). The van der Waals surface area contributed by atoms with E-state index in [0.717, 1.165) is 17.5 Å². The molecule has 3 aromatic rings. The molecule has 0 spiro atoms. The predicted molar refractivity (Wildman–Crippen MR) is 128 cm³/mol. The molecule has 0 aliphatic carbocycles. The Hall–Kier alpha value is -4.54. The molecule has 1 aromatic heterocycles. The van der Waals surface area contributed by atoms with Gasteiger partial charge in [0.1, 0.15) is 5.69 Å². The molecular formula is C26H23F2N5O3. The molecule has 0 aliphatic rings. The molecule has 8 nitrogen and oxygen atoms in total. The monoisotopic (exact) mass is 491 g/mol. The largest absolute Gasteiger partial charge is 0.502 e. The smallest absolute Gasteiger partial charge is 0.293 e. The minimum absolute atomic E-state index is 0.0219. The van der Waals surface area contributed by atoms with Crippen LogP contribution in [-0.2, 0) is 17.8 Å². The maximum Gasteiger partial charge on any atom is 0.293 e. The second kappa shape index (κ2) is 12.8. The van der Waals surface area contributed by atoms with Crippen molar-refractivity contribution in [3.63, 3.8) is 0 Å². The minimum Gasteiger partial charge on any atom is -0.502 e. The van der Waals surface area contributed by atoms with E-state index in [1.54, 1.807) is 24.3 Å². The molecule has 4 N–H and O–H groups in total. The lowest BCUT2D eigenvalue weighted by Gasteiger charge is -2.17. The molecule has 0 aliphatic heterocycles. The van der Waals surface area contributed by atoms with E-state index >= 15 is 0 Å². The van der Waals surface area contributed by atoms with Gasteiger partial charge in [0.25, 0.3) is 12.0 Å². The predicted octanol–water partition coefficient (Wildman–Crippen LogP) is 2.20. The highest BCUT2D eigenvalue weighted by Crippen LogP contribution is 2.24. The van der Waals surface area contributed by atoms with Gasteiger partial charge in [-0.2, -0.15) is 5.26 Å². The maximum absolute atomic E-state index is 12.6. The first kappa shape index (κ1) is 26.1. The Labute approximate surface area is 206 Å². The van der Waals surface area contributed by atoms with E-state index in [0.29, 0.717) is 17.7 Å². The summed E-state index contributed by atoms with van der Waals surface area (Å²) in [6, 6.07) is 16.6. The van der Waals surface area contributed by atoms with Crippen molar-refractivity contribution < 1.29 is 18.7 Å². The van der Waals surface area contributed by atoms with Crippen LogP contribution >= 0.6 is 0 Å². The summed E-state index contributed by atoms with van der Waals surface area (Å²) in [4.78, 5) is 30.5. The first-order valence-corrected chi connectivity index (χ1v) is 11.0. The lowest BCUT2D eigenvalue weighted by atomic mass is 9.94. The van der Waals surface area contributed by atoms with Gasteiger partial charge in [-0.25, -0.2) is 13.8 Å². The zero-order chi connectivity index (χ0) is 25.9. The average molecular weight is 491 g/mol. The van der Waals surface area contributed by atoms with E-state index in [1.165, 1.54) is 0 Å². The van der Waals surface area contributed by atoms with Gasteiger partial charge in [0.2, 0.25) is 11.7 Å². The SMILES string of the molecule is N#CCNCc1ccc(C#Cc2ccc(CC(C(=O)NCC(F)F)c3nc[nH]c(=O)c3O)cc2)cc1. The van der Waals surface area contributed by atoms with Crippen molar-refractivity contribution in [1.82, 2.24) is 20.6 Å². The number of aromatic hydroxyl groups is 1. The van der Waals surface area contributed by atoms with Crippen molar-refractivity contribution in [2.24, 2.45) is 0 Å². The fraction of sp³-hybridized carbons (Fsp3) is 0.231. The molecule has 0 bridgehead atoms. The number of halogens is 2. The second-order valence-electron chi connectivity index (χ2n) is 7.76. The number of aromatic nitrogens is 2. The molecule has 1 unspecified atom stereocenters. The Balaban J connectivity index is 1.73. The lowest BCUT2D eigenvalue weighted by molar-refractivity contribution is -0.123. The summed E-state index contributed by atoms with van der Waals surface area (Å²) in [5, 5.41) is 23.8. The van der Waals surface area contributed by atoms with Crippen LogP contribution in [0.5, 0.6) is 5.75 Å². The van der Waals surface area contributed by atoms with Crippen LogP contribution < -0.4 is 16.2 Å². The second-order valence-corrected chi connectivity index (χ2v) is 7.76. The van der Waals surface area contributed by atoms with Gasteiger partial charge in [-0.05, 0) is 41.8 Å². The van der Waals surface area contributed by atoms with Crippen LogP contribution in [0, 0.1) is 23.2 Å². The summed E-state index contributed by atoms with van der Waals surface area (Å²) in [6.07, 6.45) is -1.68. The van der Waals surface area contributed by atoms with Crippen molar-refractivity contribution in [3.8, 4) is 23.7 Å². The number of alkyl halides is 2. The topological polar surface area (TPSA) is 131 Å². The number of H-pyrrole nitrogens is 1. The number of carbonyl (C=O) groups is 1. The molecule has 1 heterocycles. The van der Waals surface area contributed by atoms with Gasteiger partial charge in [0.15, 0.2) is 0 Å². The molecule has 10 heteroatoms. The third-order valence-corrected chi connectivity index (χ3v) is 5.17. The highest BCUT2D eigenvalue weighted by Gasteiger charge is 2.27. The maximum atomic E-state index is 12.6. The quantitative estimate of drug-likeness (QED) is 0.206. The van der Waals surface area contributed by atoms with Crippen LogP contribution in [0.25, 0.3) is 0 Å². The molecule has 184 valence electrons. The fourth-order valence-corrected chi connectivity index (χ4v) is 3.35. The number of nitrogens with one attached hydrogen (secondary N) is 3. The van der Waals surface area contributed by atoms with E-state index in [1.807, 2.05) is 30.3 Å². The summed E-state index contributed by atoms with van der Waals surface area (Å²) in [6.45, 7) is 0.0136. The van der Waals surface area contributed by atoms with E-state index in [4.69, 9.17) is 5.26 Å². The van der Waals surface area contributed by atoms with Crippen molar-refractivity contribution in [3.05, 3.63) is 93.2 Å². The first-order chi connectivity index (χ1) is 17.4. The molecular weight excluding hydrogens is 468 g/mol. The minimum atomic E-state index is -2.75. The number of hydrogen-bond acceptors (Lipinski definition) is 6. The third-order valence-electron chi connectivity index (χ3n) is 5.17. The van der Waals surface area contributed by atoms with Crippen molar-refractivity contribution >= 4 is 5.91 Å². The van der Waals surface area contributed by atoms with Gasteiger partial charge < -0.3 is 20.7 Å². The number of nitriles is 1. The summed E-state index contributed by atoms with van der Waals surface area (Å²) in [5.41, 5.74) is 2.20. The molecule has 0 saturated carbocycles. The van der Waals surface area contributed by atoms with Gasteiger partial charge >= 0.3 is 0 Å². The fourth-order valence-electron chi connectivity index (χ4n) is 3.35. The molecule has 36 heavy (non-hydrogen) atoms. The number of amides is 1. The number of carbonyl (C=O) groups excluding carboxylic acids is 1. The Morgan fingerprint density at radius 2 is 1.67 bits per heavy atom. The zero-order valence-electron chi connectivity index (χ0n) is 19.1. The van der Waals surface area contributed by atoms with Crippen LogP contribution in [0.2, 0.25) is 0 Å². The Morgan fingerprint density at radius 3 is 2.25 bits per heavy atom. The number of hydrogen-bond donors (Lipinski definition) is 4. The Bertz CT molecular complexity index is 1340.